The van der Waals surface area contributed by atoms with Crippen LogP contribution in [-0.2, 0) is 20.6 Å². The molecule has 0 bridgehead atoms. The van der Waals surface area contributed by atoms with E-state index >= 15 is 0 Å². The molecule has 2 aliphatic rings. The van der Waals surface area contributed by atoms with Gasteiger partial charge in [0.25, 0.3) is 5.91 Å². The average Bonchev–Trinajstić information content (AvgIpc) is 3.30. The maximum atomic E-state index is 13.4. The van der Waals surface area contributed by atoms with E-state index in [2.05, 4.69) is 0 Å². The van der Waals surface area contributed by atoms with Crippen molar-refractivity contribution in [3.8, 4) is 0 Å². The molecule has 2 fully saturated rings. The van der Waals surface area contributed by atoms with Crippen molar-refractivity contribution in [1.29, 1.82) is 0 Å². The number of hydrogen-bond acceptors (Lipinski definition) is 4. The standard InChI is InChI=1S/C24H17F3N2O3/c25-24(26,27)16-9-7-8-15(14-16)20-19-21(32-29(20)18-12-5-2-6-13-18)23(31)28(22(19)30)17-10-3-1-4-11-17/h1-14,19-21H/t19-,20+,21-/m1/s1. The Kier molecular flexibility index (Phi) is 4.74. The Labute approximate surface area is 181 Å². The highest BCUT2D eigenvalue weighted by molar-refractivity contribution is 6.23. The Morgan fingerprint density at radius 1 is 0.750 bits per heavy atom. The highest BCUT2D eigenvalue weighted by Gasteiger charge is 2.60. The van der Waals surface area contributed by atoms with Gasteiger partial charge >= 0.3 is 6.18 Å². The zero-order valence-corrected chi connectivity index (χ0v) is 16.6. The SMILES string of the molecule is O=C1[C@H]2[C@@H](ON(c3ccccc3)[C@H]2c2cccc(C(F)(F)F)c2)C(=O)N1c1ccccc1. The number of fused-ring (bicyclic) bond motifs is 1. The molecule has 0 aliphatic carbocycles. The van der Waals surface area contributed by atoms with Gasteiger partial charge in [-0.25, -0.2) is 9.96 Å². The van der Waals surface area contributed by atoms with E-state index in [1.54, 1.807) is 60.7 Å². The van der Waals surface area contributed by atoms with Gasteiger partial charge in [0.15, 0.2) is 6.10 Å². The molecule has 3 atom stereocenters. The number of nitrogens with zero attached hydrogens (tertiary/aromatic N) is 2. The van der Waals surface area contributed by atoms with Gasteiger partial charge < -0.3 is 0 Å². The van der Waals surface area contributed by atoms with E-state index in [1.807, 2.05) is 0 Å². The first-order valence-electron chi connectivity index (χ1n) is 9.97. The van der Waals surface area contributed by atoms with E-state index in [-0.39, 0.29) is 5.56 Å². The van der Waals surface area contributed by atoms with Gasteiger partial charge in [0.05, 0.1) is 23.0 Å². The Bertz CT molecular complexity index is 1170. The lowest BCUT2D eigenvalue weighted by Gasteiger charge is -2.29. The van der Waals surface area contributed by atoms with E-state index in [0.717, 1.165) is 17.0 Å². The highest BCUT2D eigenvalue weighted by atomic mass is 19.4. The minimum absolute atomic E-state index is 0.243. The summed E-state index contributed by atoms with van der Waals surface area (Å²) in [5, 5.41) is 1.38. The number of benzene rings is 3. The van der Waals surface area contributed by atoms with Crippen molar-refractivity contribution in [2.75, 3.05) is 9.96 Å². The predicted octanol–water partition coefficient (Wildman–Crippen LogP) is 4.76. The van der Waals surface area contributed by atoms with Crippen LogP contribution >= 0.6 is 0 Å². The van der Waals surface area contributed by atoms with Crippen LogP contribution in [0.25, 0.3) is 0 Å². The number of imide groups is 1. The number of carbonyl (C=O) groups is 2. The number of hydrogen-bond donors (Lipinski definition) is 0. The third kappa shape index (κ3) is 3.23. The topological polar surface area (TPSA) is 49.9 Å². The minimum Gasteiger partial charge on any atom is -0.273 e. The molecule has 0 radical (unpaired) electrons. The molecule has 0 saturated carbocycles. The number of halogens is 3. The Morgan fingerprint density at radius 3 is 2.00 bits per heavy atom. The molecule has 32 heavy (non-hydrogen) atoms. The van der Waals surface area contributed by atoms with Gasteiger partial charge in [0.2, 0.25) is 5.91 Å². The van der Waals surface area contributed by atoms with E-state index in [1.165, 1.54) is 17.2 Å². The fourth-order valence-corrected chi connectivity index (χ4v) is 4.28. The summed E-state index contributed by atoms with van der Waals surface area (Å²) in [4.78, 5) is 33.6. The number of carbonyl (C=O) groups excluding carboxylic acids is 2. The van der Waals surface area contributed by atoms with E-state index in [9.17, 15) is 22.8 Å². The zero-order valence-electron chi connectivity index (χ0n) is 16.6. The van der Waals surface area contributed by atoms with Gasteiger partial charge in [-0.05, 0) is 42.0 Å². The summed E-state index contributed by atoms with van der Waals surface area (Å²) in [6.07, 6.45) is -5.68. The molecule has 5 nitrogen and oxygen atoms in total. The second-order valence-corrected chi connectivity index (χ2v) is 7.63. The minimum atomic E-state index is -4.54. The third-order valence-electron chi connectivity index (χ3n) is 5.70. The summed E-state index contributed by atoms with van der Waals surface area (Å²) in [7, 11) is 0. The molecule has 0 N–H and O–H groups in total. The lowest BCUT2D eigenvalue weighted by atomic mass is 9.89. The van der Waals surface area contributed by atoms with E-state index < -0.39 is 41.6 Å². The van der Waals surface area contributed by atoms with E-state index in [0.29, 0.717) is 11.4 Å². The number of para-hydroxylation sites is 2. The Morgan fingerprint density at radius 2 is 1.38 bits per heavy atom. The second-order valence-electron chi connectivity index (χ2n) is 7.63. The molecule has 2 heterocycles. The maximum Gasteiger partial charge on any atom is 0.416 e. The van der Waals surface area contributed by atoms with Crippen LogP contribution < -0.4 is 9.96 Å². The van der Waals surface area contributed by atoms with Crippen LogP contribution in [0.15, 0.2) is 84.9 Å². The largest absolute Gasteiger partial charge is 0.416 e. The molecular weight excluding hydrogens is 421 g/mol. The molecule has 5 rings (SSSR count). The lowest BCUT2D eigenvalue weighted by molar-refractivity contribution is -0.137. The highest BCUT2D eigenvalue weighted by Crippen LogP contribution is 2.48. The van der Waals surface area contributed by atoms with Crippen LogP contribution in [0.1, 0.15) is 17.2 Å². The van der Waals surface area contributed by atoms with Gasteiger partial charge in [0.1, 0.15) is 5.92 Å². The lowest BCUT2D eigenvalue weighted by Crippen LogP contribution is -2.37. The van der Waals surface area contributed by atoms with Crippen molar-refractivity contribution in [3.05, 3.63) is 96.1 Å². The summed E-state index contributed by atoms with van der Waals surface area (Å²) in [5.41, 5.74) is 0.348. The zero-order chi connectivity index (χ0) is 22.5. The quantitative estimate of drug-likeness (QED) is 0.554. The fourth-order valence-electron chi connectivity index (χ4n) is 4.28. The molecule has 0 unspecified atom stereocenters. The van der Waals surface area contributed by atoms with Crippen LogP contribution in [0.5, 0.6) is 0 Å². The smallest absolute Gasteiger partial charge is 0.273 e. The van der Waals surface area contributed by atoms with Crippen LogP contribution in [-0.4, -0.2) is 17.9 Å². The summed E-state index contributed by atoms with van der Waals surface area (Å²) in [5.74, 6) is -2.04. The third-order valence-corrected chi connectivity index (χ3v) is 5.70. The van der Waals surface area contributed by atoms with Gasteiger partial charge in [-0.2, -0.15) is 13.2 Å². The molecule has 2 aliphatic heterocycles. The van der Waals surface area contributed by atoms with E-state index in [4.69, 9.17) is 4.84 Å². The summed E-state index contributed by atoms with van der Waals surface area (Å²) in [6.45, 7) is 0. The first-order valence-corrected chi connectivity index (χ1v) is 9.97. The van der Waals surface area contributed by atoms with Crippen LogP contribution in [0, 0.1) is 5.92 Å². The summed E-state index contributed by atoms with van der Waals surface area (Å²) < 4.78 is 40.2. The number of rotatable bonds is 3. The normalized spacial score (nSPS) is 23.0. The van der Waals surface area contributed by atoms with Gasteiger partial charge in [-0.15, -0.1) is 0 Å². The van der Waals surface area contributed by atoms with Gasteiger partial charge in [0, 0.05) is 0 Å². The van der Waals surface area contributed by atoms with Crippen LogP contribution in [0.3, 0.4) is 0 Å². The van der Waals surface area contributed by atoms with Crippen molar-refractivity contribution in [3.63, 3.8) is 0 Å². The van der Waals surface area contributed by atoms with Crippen molar-refractivity contribution in [1.82, 2.24) is 0 Å². The molecule has 0 aromatic heterocycles. The van der Waals surface area contributed by atoms with Crippen molar-refractivity contribution < 1.29 is 27.6 Å². The van der Waals surface area contributed by atoms with Gasteiger partial charge in [-0.1, -0.05) is 48.5 Å². The monoisotopic (exact) mass is 438 g/mol. The average molecular weight is 438 g/mol. The molecule has 0 spiro atoms. The van der Waals surface area contributed by atoms with Crippen LogP contribution in [0.2, 0.25) is 0 Å². The summed E-state index contributed by atoms with van der Waals surface area (Å²) in [6, 6.07) is 21.0. The molecule has 162 valence electrons. The first-order chi connectivity index (χ1) is 15.4. The van der Waals surface area contributed by atoms with Crippen LogP contribution in [0.4, 0.5) is 24.5 Å². The van der Waals surface area contributed by atoms with Crippen molar-refractivity contribution >= 4 is 23.2 Å². The first kappa shape index (κ1) is 20.3. The maximum absolute atomic E-state index is 13.4. The Balaban J connectivity index is 1.61. The molecular formula is C24H17F3N2O3. The number of hydroxylamine groups is 1. The molecule has 3 aromatic rings. The fraction of sp³-hybridized carbons (Fsp3) is 0.167. The number of amides is 2. The molecule has 3 aromatic carbocycles. The number of alkyl halides is 3. The Hall–Kier alpha value is -3.65. The molecule has 2 amide bonds. The summed E-state index contributed by atoms with van der Waals surface area (Å²) >= 11 is 0. The van der Waals surface area contributed by atoms with Crippen molar-refractivity contribution in [2.24, 2.45) is 5.92 Å². The number of anilines is 2. The molecule has 8 heteroatoms. The second kappa shape index (κ2) is 7.49. The van der Waals surface area contributed by atoms with Gasteiger partial charge in [-0.3, -0.25) is 14.4 Å². The molecule has 2 saturated heterocycles. The predicted molar refractivity (Wildman–Crippen MR) is 110 cm³/mol. The van der Waals surface area contributed by atoms with Crippen molar-refractivity contribution in [2.45, 2.75) is 18.3 Å².